The van der Waals surface area contributed by atoms with E-state index in [-0.39, 0.29) is 17.4 Å². The summed E-state index contributed by atoms with van der Waals surface area (Å²) in [5.41, 5.74) is 4.14. The molecular formula is C21H20N2O3. The molecule has 1 atom stereocenters. The first-order valence-electron chi connectivity index (χ1n) is 8.71. The van der Waals surface area contributed by atoms with Gasteiger partial charge < -0.3 is 15.3 Å². The van der Waals surface area contributed by atoms with Crippen LogP contribution in [0.3, 0.4) is 0 Å². The van der Waals surface area contributed by atoms with Crippen molar-refractivity contribution in [2.75, 3.05) is 6.54 Å². The van der Waals surface area contributed by atoms with Gasteiger partial charge in [-0.1, -0.05) is 48.5 Å². The number of aliphatic hydroxyl groups excluding tert-OH is 1. The third-order valence-electron chi connectivity index (χ3n) is 5.01. The van der Waals surface area contributed by atoms with Gasteiger partial charge in [0.05, 0.1) is 5.70 Å². The van der Waals surface area contributed by atoms with E-state index < -0.39 is 6.10 Å². The second kappa shape index (κ2) is 6.42. The number of carbonyl (C=O) groups excluding carboxylic acids is 2. The van der Waals surface area contributed by atoms with Gasteiger partial charge in [0.1, 0.15) is 11.8 Å². The molecule has 2 aliphatic rings. The van der Waals surface area contributed by atoms with Gasteiger partial charge in [-0.05, 0) is 23.1 Å². The van der Waals surface area contributed by atoms with Crippen LogP contribution in [0.4, 0.5) is 0 Å². The molecule has 1 heterocycles. The molecule has 0 saturated carbocycles. The predicted molar refractivity (Wildman–Crippen MR) is 97.1 cm³/mol. The Morgan fingerprint density at radius 1 is 1.12 bits per heavy atom. The van der Waals surface area contributed by atoms with Crippen molar-refractivity contribution in [1.29, 1.82) is 0 Å². The van der Waals surface area contributed by atoms with Crippen LogP contribution in [0.25, 0.3) is 0 Å². The first kappa shape index (κ1) is 16.5. The number of nitrogens with zero attached hydrogens (tertiary/aromatic N) is 1. The summed E-state index contributed by atoms with van der Waals surface area (Å²) >= 11 is 0. The molecule has 4 rings (SSSR count). The Hall–Kier alpha value is -2.92. The van der Waals surface area contributed by atoms with E-state index in [0.29, 0.717) is 29.9 Å². The number of nitrogens with one attached hydrogen (secondary N) is 1. The van der Waals surface area contributed by atoms with E-state index in [4.69, 9.17) is 0 Å². The zero-order valence-corrected chi connectivity index (χ0v) is 14.5. The van der Waals surface area contributed by atoms with E-state index >= 15 is 0 Å². The number of rotatable bonds is 2. The molecule has 2 aromatic carbocycles. The molecule has 0 radical (unpaired) electrons. The number of hydrogen-bond donors (Lipinski definition) is 2. The maximum atomic E-state index is 13.0. The lowest BCUT2D eigenvalue weighted by Crippen LogP contribution is -2.40. The van der Waals surface area contributed by atoms with Gasteiger partial charge in [0.25, 0.3) is 0 Å². The molecule has 0 saturated heterocycles. The Balaban J connectivity index is 1.80. The highest BCUT2D eigenvalue weighted by atomic mass is 16.3. The number of aliphatic hydroxyl groups is 1. The van der Waals surface area contributed by atoms with Gasteiger partial charge in [0.2, 0.25) is 11.7 Å². The Morgan fingerprint density at radius 3 is 2.58 bits per heavy atom. The van der Waals surface area contributed by atoms with Crippen molar-refractivity contribution >= 4 is 11.7 Å². The van der Waals surface area contributed by atoms with Gasteiger partial charge in [0.15, 0.2) is 0 Å². The Bertz CT molecular complexity index is 932. The van der Waals surface area contributed by atoms with Gasteiger partial charge in [-0.15, -0.1) is 0 Å². The van der Waals surface area contributed by atoms with Crippen LogP contribution in [0, 0.1) is 0 Å². The first-order valence-corrected chi connectivity index (χ1v) is 8.71. The molecule has 0 unspecified atom stereocenters. The molecule has 0 fully saturated rings. The smallest absolute Gasteiger partial charge is 0.221 e. The second-order valence-electron chi connectivity index (χ2n) is 6.70. The highest BCUT2D eigenvalue weighted by Crippen LogP contribution is 2.37. The number of benzene rings is 2. The third-order valence-corrected chi connectivity index (χ3v) is 5.01. The van der Waals surface area contributed by atoms with Crippen molar-refractivity contribution in [3.05, 3.63) is 82.2 Å². The number of carbonyl (C=O) groups is 2. The number of Topliss-reactive ketones (excluding diaryl/α,β-unsaturated/α-hetero) is 1. The lowest BCUT2D eigenvalue weighted by Gasteiger charge is -2.38. The molecule has 5 heteroatoms. The summed E-state index contributed by atoms with van der Waals surface area (Å²) in [6.07, 6.45) is -0.119. The van der Waals surface area contributed by atoms with E-state index in [1.54, 1.807) is 18.2 Å². The normalized spacial score (nSPS) is 19.1. The fourth-order valence-corrected chi connectivity index (χ4v) is 3.81. The first-order chi connectivity index (χ1) is 12.6. The van der Waals surface area contributed by atoms with Crippen LogP contribution >= 0.6 is 0 Å². The zero-order valence-electron chi connectivity index (χ0n) is 14.5. The molecular weight excluding hydrogens is 328 g/mol. The summed E-state index contributed by atoms with van der Waals surface area (Å²) in [5.74, 6) is -0.579. The Kier molecular flexibility index (Phi) is 4.09. The van der Waals surface area contributed by atoms with Gasteiger partial charge >= 0.3 is 0 Å². The van der Waals surface area contributed by atoms with Gasteiger partial charge in [-0.3, -0.25) is 9.59 Å². The molecule has 26 heavy (non-hydrogen) atoms. The van der Waals surface area contributed by atoms with Crippen molar-refractivity contribution in [2.45, 2.75) is 26.0 Å². The average molecular weight is 348 g/mol. The van der Waals surface area contributed by atoms with Crippen LogP contribution in [-0.2, 0) is 17.8 Å². The second-order valence-corrected chi connectivity index (χ2v) is 6.70. The zero-order chi connectivity index (χ0) is 18.3. The maximum absolute atomic E-state index is 13.0. The summed E-state index contributed by atoms with van der Waals surface area (Å²) in [6.45, 7) is 2.65. The summed E-state index contributed by atoms with van der Waals surface area (Å²) in [6, 6.07) is 15.2. The van der Waals surface area contributed by atoms with Crippen molar-refractivity contribution < 1.29 is 14.7 Å². The van der Waals surface area contributed by atoms with E-state index in [2.05, 4.69) is 17.4 Å². The Labute approximate surface area is 151 Å². The third kappa shape index (κ3) is 2.70. The van der Waals surface area contributed by atoms with E-state index in [1.165, 1.54) is 18.1 Å². The van der Waals surface area contributed by atoms with Crippen molar-refractivity contribution in [3.8, 4) is 0 Å². The maximum Gasteiger partial charge on any atom is 0.221 e. The SMILES string of the molecule is CC(=O)NC1=C(N2CCc3ccccc3C2)[C@H](O)c2ccccc2C1=O. The molecule has 132 valence electrons. The van der Waals surface area contributed by atoms with Gasteiger partial charge in [-0.2, -0.15) is 0 Å². The monoisotopic (exact) mass is 348 g/mol. The fourth-order valence-electron chi connectivity index (χ4n) is 3.81. The van der Waals surface area contributed by atoms with Crippen LogP contribution in [0.2, 0.25) is 0 Å². The lowest BCUT2D eigenvalue weighted by atomic mass is 9.87. The van der Waals surface area contributed by atoms with Crippen LogP contribution in [0.5, 0.6) is 0 Å². The summed E-state index contributed by atoms with van der Waals surface area (Å²) < 4.78 is 0. The molecule has 5 nitrogen and oxygen atoms in total. The van der Waals surface area contributed by atoms with Crippen LogP contribution in [0.15, 0.2) is 59.9 Å². The molecule has 2 N–H and O–H groups in total. The largest absolute Gasteiger partial charge is 0.382 e. The highest BCUT2D eigenvalue weighted by molar-refractivity contribution is 6.12. The van der Waals surface area contributed by atoms with E-state index in [9.17, 15) is 14.7 Å². The molecule has 0 aromatic heterocycles. The van der Waals surface area contributed by atoms with Crippen molar-refractivity contribution in [1.82, 2.24) is 10.2 Å². The number of ketones is 1. The van der Waals surface area contributed by atoms with E-state index in [0.717, 1.165) is 6.42 Å². The molecule has 0 spiro atoms. The van der Waals surface area contributed by atoms with E-state index in [1.807, 2.05) is 23.1 Å². The Morgan fingerprint density at radius 2 is 1.81 bits per heavy atom. The summed E-state index contributed by atoms with van der Waals surface area (Å²) in [4.78, 5) is 26.7. The minimum absolute atomic E-state index is 0.183. The van der Waals surface area contributed by atoms with Gasteiger partial charge in [0, 0.05) is 25.6 Å². The molecule has 2 aromatic rings. The molecule has 1 amide bonds. The van der Waals surface area contributed by atoms with Crippen LogP contribution in [0.1, 0.15) is 40.1 Å². The minimum Gasteiger partial charge on any atom is -0.382 e. The van der Waals surface area contributed by atoms with Gasteiger partial charge in [-0.25, -0.2) is 0 Å². The lowest BCUT2D eigenvalue weighted by molar-refractivity contribution is -0.118. The predicted octanol–water partition coefficient (Wildman–Crippen LogP) is 2.32. The molecule has 1 aliphatic heterocycles. The number of allylic oxidation sites excluding steroid dienone is 1. The quantitative estimate of drug-likeness (QED) is 0.874. The summed E-state index contributed by atoms with van der Waals surface area (Å²) in [5, 5.41) is 13.7. The van der Waals surface area contributed by atoms with Crippen molar-refractivity contribution in [2.24, 2.45) is 0 Å². The highest BCUT2D eigenvalue weighted by Gasteiger charge is 2.36. The minimum atomic E-state index is -0.948. The molecule has 0 bridgehead atoms. The van der Waals surface area contributed by atoms with Crippen LogP contribution < -0.4 is 5.32 Å². The number of fused-ring (bicyclic) bond motifs is 2. The standard InChI is InChI=1S/C21H20N2O3/c1-13(24)22-18-19(21(26)17-9-5-4-8-16(17)20(18)25)23-11-10-14-6-2-3-7-15(14)12-23/h2-9,21,26H,10-12H2,1H3,(H,22,24)/t21-/m1/s1. The molecule has 1 aliphatic carbocycles. The number of hydrogen-bond acceptors (Lipinski definition) is 4. The van der Waals surface area contributed by atoms with Crippen molar-refractivity contribution in [3.63, 3.8) is 0 Å². The average Bonchev–Trinajstić information content (AvgIpc) is 2.65. The number of amides is 1. The van der Waals surface area contributed by atoms with Crippen LogP contribution in [-0.4, -0.2) is 28.2 Å². The summed E-state index contributed by atoms with van der Waals surface area (Å²) in [7, 11) is 0. The topological polar surface area (TPSA) is 69.6 Å². The fraction of sp³-hybridized carbons (Fsp3) is 0.238.